The van der Waals surface area contributed by atoms with Crippen LogP contribution < -0.4 is 0 Å². The Morgan fingerprint density at radius 2 is 2.04 bits per heavy atom. The zero-order valence-corrected chi connectivity index (χ0v) is 15.4. The summed E-state index contributed by atoms with van der Waals surface area (Å²) in [5, 5.41) is 0.778. The highest BCUT2D eigenvalue weighted by Crippen LogP contribution is 2.41. The van der Waals surface area contributed by atoms with Gasteiger partial charge in [0, 0.05) is 24.0 Å². The van der Waals surface area contributed by atoms with Crippen molar-refractivity contribution in [2.24, 2.45) is 0 Å². The molecule has 2 aromatic heterocycles. The lowest BCUT2D eigenvalue weighted by Gasteiger charge is -2.31. The highest BCUT2D eigenvalue weighted by molar-refractivity contribution is 6.02. The van der Waals surface area contributed by atoms with E-state index >= 15 is 0 Å². The van der Waals surface area contributed by atoms with Crippen LogP contribution in [0.2, 0.25) is 0 Å². The molecule has 0 amide bonds. The maximum atomic E-state index is 14.0. The van der Waals surface area contributed by atoms with Crippen LogP contribution in [0, 0.1) is 5.82 Å². The Morgan fingerprint density at radius 1 is 1.15 bits per heavy atom. The molecular formula is C21H23F2N3O. The Labute approximate surface area is 156 Å². The van der Waals surface area contributed by atoms with Gasteiger partial charge in [-0.2, -0.15) is 0 Å². The molecule has 0 radical (unpaired) electrons. The standard InChI is InChI=1S/C21H23F2N3O/c1-12-8-16(6-7-27-12)26-20-17-10-15(23)4-5-18(17)24-11-19(20)25-21(26)13-2-3-14(22)9-13/h4-5,10-14,16H,2-3,6-9H2,1H3. The lowest BCUT2D eigenvalue weighted by molar-refractivity contribution is 0.00605. The zero-order valence-electron chi connectivity index (χ0n) is 15.4. The molecule has 5 rings (SSSR count). The molecule has 27 heavy (non-hydrogen) atoms. The van der Waals surface area contributed by atoms with Crippen LogP contribution in [-0.4, -0.2) is 33.4 Å². The van der Waals surface area contributed by atoms with Crippen molar-refractivity contribution in [1.82, 2.24) is 14.5 Å². The number of pyridine rings is 1. The molecule has 0 bridgehead atoms. The lowest BCUT2D eigenvalue weighted by atomic mass is 10.0. The van der Waals surface area contributed by atoms with Gasteiger partial charge < -0.3 is 9.30 Å². The molecule has 6 heteroatoms. The van der Waals surface area contributed by atoms with Gasteiger partial charge in [0.15, 0.2) is 0 Å². The summed E-state index contributed by atoms with van der Waals surface area (Å²) in [7, 11) is 0. The van der Waals surface area contributed by atoms with Crippen LogP contribution in [0.25, 0.3) is 21.9 Å². The number of hydrogen-bond donors (Lipinski definition) is 0. The summed E-state index contributed by atoms with van der Waals surface area (Å²) in [4.78, 5) is 9.34. The van der Waals surface area contributed by atoms with Gasteiger partial charge in [0.2, 0.25) is 0 Å². The Kier molecular flexibility index (Phi) is 4.11. The van der Waals surface area contributed by atoms with Gasteiger partial charge >= 0.3 is 0 Å². The van der Waals surface area contributed by atoms with E-state index in [0.29, 0.717) is 19.4 Å². The summed E-state index contributed by atoms with van der Waals surface area (Å²) in [5.41, 5.74) is 2.45. The number of alkyl halides is 1. The number of halogens is 2. The highest BCUT2D eigenvalue weighted by Gasteiger charge is 2.33. The summed E-state index contributed by atoms with van der Waals surface area (Å²) in [5.74, 6) is 0.758. The molecule has 1 saturated heterocycles. The molecule has 1 aliphatic heterocycles. The quantitative estimate of drug-likeness (QED) is 0.631. The molecule has 1 saturated carbocycles. The summed E-state index contributed by atoms with van der Waals surface area (Å²) in [6.07, 6.45) is 4.84. The minimum Gasteiger partial charge on any atom is -0.378 e. The summed E-state index contributed by atoms with van der Waals surface area (Å²) in [6.45, 7) is 2.77. The molecule has 0 spiro atoms. The monoisotopic (exact) mass is 371 g/mol. The Hall–Kier alpha value is -2.08. The van der Waals surface area contributed by atoms with E-state index in [1.165, 1.54) is 6.07 Å². The SMILES string of the molecule is CC1CC(n2c(C3CCC(F)C3)nc3cnc4ccc(F)cc4c32)CCO1. The number of hydrogen-bond acceptors (Lipinski definition) is 3. The topological polar surface area (TPSA) is 39.9 Å². The Morgan fingerprint density at radius 3 is 2.81 bits per heavy atom. The Bertz CT molecular complexity index is 1000. The minimum atomic E-state index is -0.760. The van der Waals surface area contributed by atoms with Crippen molar-refractivity contribution in [3.05, 3.63) is 36.0 Å². The molecule has 1 aliphatic carbocycles. The second-order valence-electron chi connectivity index (χ2n) is 7.96. The van der Waals surface area contributed by atoms with E-state index in [4.69, 9.17) is 9.72 Å². The van der Waals surface area contributed by atoms with Crippen molar-refractivity contribution in [2.45, 2.75) is 63.3 Å². The van der Waals surface area contributed by atoms with Gasteiger partial charge in [-0.15, -0.1) is 0 Å². The van der Waals surface area contributed by atoms with Crippen LogP contribution in [0.3, 0.4) is 0 Å². The number of rotatable bonds is 2. The third kappa shape index (κ3) is 2.90. The second-order valence-corrected chi connectivity index (χ2v) is 7.96. The fourth-order valence-corrected chi connectivity index (χ4v) is 4.79. The van der Waals surface area contributed by atoms with Crippen LogP contribution >= 0.6 is 0 Å². The maximum absolute atomic E-state index is 14.0. The van der Waals surface area contributed by atoms with Crippen molar-refractivity contribution in [3.63, 3.8) is 0 Å². The number of benzene rings is 1. The molecule has 2 fully saturated rings. The van der Waals surface area contributed by atoms with Crippen molar-refractivity contribution in [2.75, 3.05) is 6.61 Å². The third-order valence-corrected chi connectivity index (χ3v) is 6.06. The van der Waals surface area contributed by atoms with Crippen molar-refractivity contribution in [3.8, 4) is 0 Å². The third-order valence-electron chi connectivity index (χ3n) is 6.06. The van der Waals surface area contributed by atoms with Gasteiger partial charge in [-0.3, -0.25) is 4.98 Å². The van der Waals surface area contributed by atoms with Crippen LogP contribution in [0.5, 0.6) is 0 Å². The van der Waals surface area contributed by atoms with E-state index in [0.717, 1.165) is 47.0 Å². The Balaban J connectivity index is 1.76. The van der Waals surface area contributed by atoms with E-state index in [1.807, 2.05) is 0 Å². The summed E-state index contributed by atoms with van der Waals surface area (Å²) in [6, 6.07) is 4.91. The predicted molar refractivity (Wildman–Crippen MR) is 100 cm³/mol. The normalized spacial score (nSPS) is 29.0. The number of fused-ring (bicyclic) bond motifs is 3. The van der Waals surface area contributed by atoms with E-state index in [-0.39, 0.29) is 23.9 Å². The van der Waals surface area contributed by atoms with Gasteiger partial charge in [0.1, 0.15) is 23.3 Å². The van der Waals surface area contributed by atoms with E-state index in [9.17, 15) is 8.78 Å². The maximum Gasteiger partial charge on any atom is 0.124 e. The van der Waals surface area contributed by atoms with Crippen LogP contribution in [0.1, 0.15) is 56.8 Å². The number of imidazole rings is 1. The first-order valence-corrected chi connectivity index (χ1v) is 9.82. The van der Waals surface area contributed by atoms with Crippen LogP contribution in [0.4, 0.5) is 8.78 Å². The van der Waals surface area contributed by atoms with Gasteiger partial charge in [-0.25, -0.2) is 13.8 Å². The number of ether oxygens (including phenoxy) is 1. The van der Waals surface area contributed by atoms with Gasteiger partial charge in [-0.05, 0) is 57.2 Å². The van der Waals surface area contributed by atoms with Crippen molar-refractivity contribution < 1.29 is 13.5 Å². The average molecular weight is 371 g/mol. The van der Waals surface area contributed by atoms with Crippen LogP contribution in [0.15, 0.2) is 24.4 Å². The molecule has 3 heterocycles. The second kappa shape index (κ2) is 6.51. The fraction of sp³-hybridized carbons (Fsp3) is 0.524. The van der Waals surface area contributed by atoms with Crippen molar-refractivity contribution in [1.29, 1.82) is 0 Å². The number of aromatic nitrogens is 3. The van der Waals surface area contributed by atoms with Crippen LogP contribution in [-0.2, 0) is 4.74 Å². The minimum absolute atomic E-state index is 0.106. The average Bonchev–Trinajstić information content (AvgIpc) is 3.25. The first-order valence-electron chi connectivity index (χ1n) is 9.82. The van der Waals surface area contributed by atoms with Gasteiger partial charge in [-0.1, -0.05) is 0 Å². The van der Waals surface area contributed by atoms with E-state index in [2.05, 4.69) is 16.5 Å². The molecule has 2 aliphatic rings. The molecule has 1 aromatic carbocycles. The fourth-order valence-electron chi connectivity index (χ4n) is 4.79. The highest BCUT2D eigenvalue weighted by atomic mass is 19.1. The molecule has 3 aromatic rings. The predicted octanol–water partition coefficient (Wildman–Crippen LogP) is 5.07. The number of nitrogens with zero attached hydrogens (tertiary/aromatic N) is 3. The molecule has 4 unspecified atom stereocenters. The largest absolute Gasteiger partial charge is 0.378 e. The van der Waals surface area contributed by atoms with E-state index < -0.39 is 6.17 Å². The summed E-state index contributed by atoms with van der Waals surface area (Å²) >= 11 is 0. The smallest absolute Gasteiger partial charge is 0.124 e. The molecular weight excluding hydrogens is 348 g/mol. The van der Waals surface area contributed by atoms with E-state index in [1.54, 1.807) is 18.3 Å². The lowest BCUT2D eigenvalue weighted by Crippen LogP contribution is -2.27. The zero-order chi connectivity index (χ0) is 18.5. The van der Waals surface area contributed by atoms with Gasteiger partial charge in [0.05, 0.1) is 23.3 Å². The first-order chi connectivity index (χ1) is 13.1. The summed E-state index contributed by atoms with van der Waals surface area (Å²) < 4.78 is 36.0. The van der Waals surface area contributed by atoms with Crippen molar-refractivity contribution >= 4 is 21.9 Å². The molecule has 4 atom stereocenters. The molecule has 4 nitrogen and oxygen atoms in total. The molecule has 142 valence electrons. The first kappa shape index (κ1) is 17.0. The molecule has 0 N–H and O–H groups in total. The van der Waals surface area contributed by atoms with Gasteiger partial charge in [0.25, 0.3) is 0 Å².